The zero-order chi connectivity index (χ0) is 79.9. The Hall–Kier alpha value is -11.0. The summed E-state index contributed by atoms with van der Waals surface area (Å²) >= 11 is 0. The smallest absolute Gasteiger partial charge is 0.164 e. The molecular weight excluding hydrogens is 1360 g/mol. The first-order chi connectivity index (χ1) is 52.5. The third-order valence-electron chi connectivity index (χ3n) is 22.6. The first-order valence-corrected chi connectivity index (χ1v) is 40.1. The summed E-state index contributed by atoms with van der Waals surface area (Å²) in [7, 11) is 0. The van der Waals surface area contributed by atoms with E-state index in [1.807, 2.05) is 0 Å². The average molecular weight is 1470 g/mol. The second-order valence-electron chi connectivity index (χ2n) is 39.6. The molecule has 0 bridgehead atoms. The van der Waals surface area contributed by atoms with Gasteiger partial charge in [-0.1, -0.05) is 281 Å². The van der Waals surface area contributed by atoms with Crippen molar-refractivity contribution in [3.05, 3.63) is 275 Å². The average Bonchev–Trinajstić information content (AvgIpc) is 1.53. The van der Waals surface area contributed by atoms with Crippen molar-refractivity contribution in [1.29, 1.82) is 0 Å². The van der Waals surface area contributed by atoms with E-state index in [0.29, 0.717) is 34.9 Å². The van der Waals surface area contributed by atoms with Crippen molar-refractivity contribution in [2.24, 2.45) is 0 Å². The maximum atomic E-state index is 5.67. The molecule has 0 N–H and O–H groups in total. The Bertz CT molecular complexity index is 5410. The second-order valence-corrected chi connectivity index (χ2v) is 39.6. The molecule has 15 rings (SSSR count). The van der Waals surface area contributed by atoms with Crippen molar-refractivity contribution in [1.82, 2.24) is 39.0 Å². The predicted molar refractivity (Wildman–Crippen MR) is 475 cm³/mol. The van der Waals surface area contributed by atoms with Gasteiger partial charge in [-0.25, -0.2) is 29.9 Å². The molecule has 15 aromatic rings. The fourth-order valence-electron chi connectivity index (χ4n) is 15.4. The number of nitrogens with zero attached hydrogens (tertiary/aromatic N) is 8. The summed E-state index contributed by atoms with van der Waals surface area (Å²) in [6.07, 6.45) is 0. The van der Waals surface area contributed by atoms with Gasteiger partial charge in [-0.3, -0.25) is 0 Å². The van der Waals surface area contributed by atoms with Gasteiger partial charge in [0, 0.05) is 66.1 Å². The van der Waals surface area contributed by atoms with Crippen LogP contribution in [-0.4, -0.2) is 39.0 Å². The van der Waals surface area contributed by atoms with Crippen LogP contribution in [0.3, 0.4) is 0 Å². The van der Waals surface area contributed by atoms with Crippen LogP contribution in [0, 0.1) is 0 Å². The van der Waals surface area contributed by atoms with E-state index < -0.39 is 0 Å². The van der Waals surface area contributed by atoms with Crippen LogP contribution in [0.5, 0.6) is 0 Å². The molecule has 0 atom stereocenters. The van der Waals surface area contributed by atoms with Gasteiger partial charge in [0.2, 0.25) is 0 Å². The summed E-state index contributed by atoms with van der Waals surface area (Å²) < 4.78 is 4.89. The minimum Gasteiger partial charge on any atom is -0.309 e. The van der Waals surface area contributed by atoms with Crippen LogP contribution in [0.2, 0.25) is 0 Å². The summed E-state index contributed by atoms with van der Waals surface area (Å²) in [5.74, 6) is 3.67. The molecule has 0 radical (unpaired) electrons. The molecule has 8 nitrogen and oxygen atoms in total. The topological polar surface area (TPSA) is 87.2 Å². The molecule has 4 aromatic heterocycles. The maximum Gasteiger partial charge on any atom is 0.164 e. The van der Waals surface area contributed by atoms with Crippen molar-refractivity contribution in [2.75, 3.05) is 0 Å². The first kappa shape index (κ1) is 76.4. The van der Waals surface area contributed by atoms with E-state index in [0.717, 1.165) is 89.1 Å². The van der Waals surface area contributed by atoms with Gasteiger partial charge in [0.05, 0.1) is 33.4 Å². The monoisotopic (exact) mass is 1470 g/mol. The summed E-state index contributed by atoms with van der Waals surface area (Å²) in [6.45, 7) is 55.0. The summed E-state index contributed by atoms with van der Waals surface area (Å²) in [5, 5.41) is 4.72. The number of fused-ring (bicyclic) bond motifs is 6. The lowest BCUT2D eigenvalue weighted by molar-refractivity contribution is 0.568. The maximum absolute atomic E-state index is 5.67. The standard InChI is InChI=1S/C104H110N8/c1-97(2,3)71-49-67(50-72(59-71)98(4,5)6)93-105-91(106-94(109-93)68-51-73(99(7,8)9)60-74(52-68)100(10,11)12)65-44-46-89(111-85-40-29-25-36-79(85)80-37-26-30-41-86(80)111)83(57-65)63-34-33-35-64(48-63)84-58-66(45-47-90(84)112-87-42-31-27-38-81(87)82-39-28-32-43-88(82)112)92-107-95(69-53-75(101(13,14)15)61-76(54-69)102(16,17)18)110-96(108-92)70-55-77(103(19,20)21)62-78(56-70)104(22,23)24/h25-62H,1-24H3. The number of hydrogen-bond acceptors (Lipinski definition) is 6. The summed E-state index contributed by atoms with van der Waals surface area (Å²) in [5.41, 5.74) is 24.6. The highest BCUT2D eigenvalue weighted by Crippen LogP contribution is 2.46. The van der Waals surface area contributed by atoms with Crippen LogP contribution in [0.1, 0.15) is 211 Å². The molecular formula is C104H110N8. The van der Waals surface area contributed by atoms with Gasteiger partial charge in [0.15, 0.2) is 34.9 Å². The zero-order valence-corrected chi connectivity index (χ0v) is 70.5. The number of para-hydroxylation sites is 4. The quantitative estimate of drug-likeness (QED) is 0.136. The van der Waals surface area contributed by atoms with Gasteiger partial charge in [-0.2, -0.15) is 0 Å². The van der Waals surface area contributed by atoms with Gasteiger partial charge >= 0.3 is 0 Å². The van der Waals surface area contributed by atoms with Gasteiger partial charge in [-0.15, -0.1) is 0 Å². The third kappa shape index (κ3) is 14.9. The Morgan fingerprint density at radius 2 is 0.384 bits per heavy atom. The Balaban J connectivity index is 1.02. The largest absolute Gasteiger partial charge is 0.309 e. The zero-order valence-electron chi connectivity index (χ0n) is 70.5. The summed E-state index contributed by atoms with van der Waals surface area (Å²) in [6, 6.07) is 85.9. The Morgan fingerprint density at radius 3 is 0.598 bits per heavy atom. The van der Waals surface area contributed by atoms with Gasteiger partial charge in [-0.05, 0) is 214 Å². The van der Waals surface area contributed by atoms with E-state index in [9.17, 15) is 0 Å². The van der Waals surface area contributed by atoms with Gasteiger partial charge in [0.1, 0.15) is 0 Å². The van der Waals surface area contributed by atoms with Crippen molar-refractivity contribution >= 4 is 43.6 Å². The highest BCUT2D eigenvalue weighted by atomic mass is 15.1. The minimum atomic E-state index is -0.152. The highest BCUT2D eigenvalue weighted by Gasteiger charge is 2.31. The van der Waals surface area contributed by atoms with Crippen molar-refractivity contribution < 1.29 is 0 Å². The molecule has 0 unspecified atom stereocenters. The third-order valence-corrected chi connectivity index (χ3v) is 22.6. The lowest BCUT2D eigenvalue weighted by Gasteiger charge is -2.26. The van der Waals surface area contributed by atoms with Crippen molar-refractivity contribution in [3.8, 4) is 102 Å². The van der Waals surface area contributed by atoms with E-state index in [2.05, 4.69) is 406 Å². The second kappa shape index (κ2) is 27.5. The first-order valence-electron chi connectivity index (χ1n) is 40.1. The Kier molecular flexibility index (Phi) is 18.7. The minimum absolute atomic E-state index is 0.152. The normalized spacial score (nSPS) is 13.0. The molecule has 0 saturated heterocycles. The van der Waals surface area contributed by atoms with Gasteiger partial charge in [0.25, 0.3) is 0 Å². The Morgan fingerprint density at radius 1 is 0.179 bits per heavy atom. The van der Waals surface area contributed by atoms with E-state index in [1.54, 1.807) is 0 Å². The molecule has 8 heteroatoms. The van der Waals surface area contributed by atoms with E-state index in [4.69, 9.17) is 29.9 Å². The molecule has 11 aromatic carbocycles. The van der Waals surface area contributed by atoms with Crippen LogP contribution < -0.4 is 0 Å². The molecule has 0 saturated carbocycles. The molecule has 0 fully saturated rings. The number of rotatable bonds is 10. The van der Waals surface area contributed by atoms with E-state index in [-0.39, 0.29) is 43.3 Å². The molecule has 0 aliphatic rings. The van der Waals surface area contributed by atoms with Crippen molar-refractivity contribution in [3.63, 3.8) is 0 Å². The van der Waals surface area contributed by atoms with E-state index in [1.165, 1.54) is 66.1 Å². The molecule has 0 aliphatic heterocycles. The molecule has 4 heterocycles. The number of hydrogen-bond donors (Lipinski definition) is 0. The predicted octanol–water partition coefficient (Wildman–Crippen LogP) is 28.0. The number of aromatic nitrogens is 8. The van der Waals surface area contributed by atoms with Gasteiger partial charge < -0.3 is 9.13 Å². The molecule has 566 valence electrons. The van der Waals surface area contributed by atoms with Crippen LogP contribution in [0.15, 0.2) is 231 Å². The van der Waals surface area contributed by atoms with Crippen molar-refractivity contribution in [2.45, 2.75) is 209 Å². The van der Waals surface area contributed by atoms with Crippen LogP contribution in [0.4, 0.5) is 0 Å². The lowest BCUT2D eigenvalue weighted by Crippen LogP contribution is -2.17. The molecule has 0 spiro atoms. The SMILES string of the molecule is CC(C)(C)c1cc(-c2nc(-c3cc(C(C)(C)C)cc(C(C)(C)C)c3)nc(-c3ccc(-n4c5ccccc5c5ccccc54)c(-c4cccc(-c5cc(-c6nc(-c7cc(C(C)(C)C)cc(C(C)(C)C)c7)nc(-c7cc(C(C)(C)C)cc(C(C)(C)C)c7)n6)ccc5-n5c6ccccc6c6ccccc65)c4)c3)n2)cc(C(C)(C)C)c1. The van der Waals surface area contributed by atoms with Crippen LogP contribution in [0.25, 0.3) is 146 Å². The molecule has 0 aliphatic carbocycles. The molecule has 0 amide bonds. The highest BCUT2D eigenvalue weighted by molar-refractivity contribution is 6.11. The molecule has 112 heavy (non-hydrogen) atoms. The number of benzene rings is 11. The van der Waals surface area contributed by atoms with Crippen LogP contribution in [-0.2, 0) is 43.3 Å². The summed E-state index contributed by atoms with van der Waals surface area (Å²) in [4.78, 5) is 33.9. The fraction of sp³-hybridized carbons (Fsp3) is 0.308. The Labute approximate surface area is 665 Å². The fourth-order valence-corrected chi connectivity index (χ4v) is 15.4. The lowest BCUT2D eigenvalue weighted by atomic mass is 9.79. The van der Waals surface area contributed by atoms with Crippen LogP contribution >= 0.6 is 0 Å². The van der Waals surface area contributed by atoms with E-state index >= 15 is 0 Å².